The number of hydrogen-bond donors (Lipinski definition) is 2. The van der Waals surface area contributed by atoms with E-state index >= 15 is 0 Å². The lowest BCUT2D eigenvalue weighted by Crippen LogP contribution is -2.30. The molecular formula is C9H15NOS. The normalized spacial score (nSPS) is 16.8. The number of hydrogen-bond acceptors (Lipinski definition) is 3. The van der Waals surface area contributed by atoms with E-state index in [1.54, 1.807) is 13.0 Å². The van der Waals surface area contributed by atoms with Gasteiger partial charge in [0.1, 0.15) is 4.93 Å². The van der Waals surface area contributed by atoms with Crippen LogP contribution in [0, 0.1) is 12.3 Å². The summed E-state index contributed by atoms with van der Waals surface area (Å²) >= 11 is 1.32. The SMILES string of the molecule is C#C/C=C(/CC)SC(C)(O)CN. The molecule has 0 heterocycles. The molecule has 0 aromatic rings. The Morgan fingerprint density at radius 1 is 1.83 bits per heavy atom. The summed E-state index contributed by atoms with van der Waals surface area (Å²) in [4.78, 5) is 0.0755. The van der Waals surface area contributed by atoms with Crippen molar-refractivity contribution in [3.8, 4) is 12.3 Å². The molecule has 1 unspecified atom stereocenters. The van der Waals surface area contributed by atoms with Crippen molar-refractivity contribution in [3.05, 3.63) is 11.0 Å². The van der Waals surface area contributed by atoms with Gasteiger partial charge < -0.3 is 10.8 Å². The Kier molecular flexibility index (Phi) is 5.07. The van der Waals surface area contributed by atoms with Gasteiger partial charge in [-0.2, -0.15) is 0 Å². The highest BCUT2D eigenvalue weighted by atomic mass is 32.2. The van der Waals surface area contributed by atoms with Gasteiger partial charge >= 0.3 is 0 Å². The summed E-state index contributed by atoms with van der Waals surface area (Å²) in [6.07, 6.45) is 7.60. The first-order valence-electron chi connectivity index (χ1n) is 3.82. The van der Waals surface area contributed by atoms with Gasteiger partial charge in [0.05, 0.1) is 0 Å². The fourth-order valence-corrected chi connectivity index (χ4v) is 1.54. The highest BCUT2D eigenvalue weighted by molar-refractivity contribution is 8.04. The third-order valence-corrected chi connectivity index (χ3v) is 2.60. The summed E-state index contributed by atoms with van der Waals surface area (Å²) in [5.41, 5.74) is 5.36. The Morgan fingerprint density at radius 2 is 2.42 bits per heavy atom. The highest BCUT2D eigenvalue weighted by Gasteiger charge is 2.19. The number of rotatable bonds is 4. The zero-order valence-corrected chi connectivity index (χ0v) is 8.32. The first-order valence-corrected chi connectivity index (χ1v) is 4.64. The molecule has 0 aliphatic rings. The highest BCUT2D eigenvalue weighted by Crippen LogP contribution is 2.30. The van der Waals surface area contributed by atoms with Gasteiger partial charge in [-0.25, -0.2) is 0 Å². The summed E-state index contributed by atoms with van der Waals surface area (Å²) < 4.78 is 0. The van der Waals surface area contributed by atoms with Crippen LogP contribution in [0.5, 0.6) is 0 Å². The van der Waals surface area contributed by atoms with Gasteiger partial charge in [0.2, 0.25) is 0 Å². The van der Waals surface area contributed by atoms with E-state index in [1.807, 2.05) is 6.92 Å². The first kappa shape index (κ1) is 11.6. The van der Waals surface area contributed by atoms with E-state index in [4.69, 9.17) is 12.2 Å². The molecule has 1 atom stereocenters. The second kappa shape index (κ2) is 5.26. The predicted octanol–water partition coefficient (Wildman–Crippen LogP) is 1.31. The van der Waals surface area contributed by atoms with E-state index in [0.29, 0.717) is 0 Å². The third-order valence-electron chi connectivity index (χ3n) is 1.32. The molecule has 0 saturated carbocycles. The molecule has 0 aromatic carbocycles. The summed E-state index contributed by atoms with van der Waals surface area (Å²) in [5.74, 6) is 2.43. The smallest absolute Gasteiger partial charge is 0.124 e. The van der Waals surface area contributed by atoms with Gasteiger partial charge in [0, 0.05) is 6.54 Å². The number of thioether (sulfide) groups is 1. The quantitative estimate of drug-likeness (QED) is 0.513. The maximum Gasteiger partial charge on any atom is 0.124 e. The van der Waals surface area contributed by atoms with Crippen molar-refractivity contribution < 1.29 is 5.11 Å². The van der Waals surface area contributed by atoms with Gasteiger partial charge in [-0.3, -0.25) is 0 Å². The van der Waals surface area contributed by atoms with Crippen molar-refractivity contribution in [2.45, 2.75) is 25.2 Å². The molecule has 0 aliphatic heterocycles. The van der Waals surface area contributed by atoms with Crippen LogP contribution in [-0.2, 0) is 0 Å². The zero-order valence-electron chi connectivity index (χ0n) is 7.50. The Labute approximate surface area is 78.2 Å². The van der Waals surface area contributed by atoms with Gasteiger partial charge in [-0.15, -0.1) is 6.42 Å². The summed E-state index contributed by atoms with van der Waals surface area (Å²) in [7, 11) is 0. The Bertz CT molecular complexity index is 203. The fourth-order valence-electron chi connectivity index (χ4n) is 0.621. The molecule has 0 spiro atoms. The Hall–Kier alpha value is -0.430. The summed E-state index contributed by atoms with van der Waals surface area (Å²) in [5, 5.41) is 9.58. The lowest BCUT2D eigenvalue weighted by Gasteiger charge is -2.20. The molecule has 0 amide bonds. The van der Waals surface area contributed by atoms with Gasteiger partial charge in [0.25, 0.3) is 0 Å². The van der Waals surface area contributed by atoms with Crippen LogP contribution in [0.3, 0.4) is 0 Å². The minimum Gasteiger partial charge on any atom is -0.378 e. The van der Waals surface area contributed by atoms with E-state index in [0.717, 1.165) is 11.3 Å². The van der Waals surface area contributed by atoms with Crippen molar-refractivity contribution in [2.24, 2.45) is 5.73 Å². The van der Waals surface area contributed by atoms with Crippen molar-refractivity contribution >= 4 is 11.8 Å². The van der Waals surface area contributed by atoms with Gasteiger partial charge in [-0.05, 0) is 24.3 Å². The van der Waals surface area contributed by atoms with E-state index in [2.05, 4.69) is 5.92 Å². The van der Waals surface area contributed by atoms with E-state index in [1.165, 1.54) is 11.8 Å². The molecule has 0 rings (SSSR count). The lowest BCUT2D eigenvalue weighted by molar-refractivity contribution is 0.167. The van der Waals surface area contributed by atoms with Crippen molar-refractivity contribution in [3.63, 3.8) is 0 Å². The second-order valence-electron chi connectivity index (χ2n) is 2.61. The molecule has 0 saturated heterocycles. The van der Waals surface area contributed by atoms with E-state index < -0.39 is 4.93 Å². The van der Waals surface area contributed by atoms with E-state index in [9.17, 15) is 5.11 Å². The molecule has 0 aromatic heterocycles. The topological polar surface area (TPSA) is 46.2 Å². The van der Waals surface area contributed by atoms with Crippen LogP contribution in [0.1, 0.15) is 20.3 Å². The van der Waals surface area contributed by atoms with Gasteiger partial charge in [-0.1, -0.05) is 24.6 Å². The summed E-state index contributed by atoms with van der Waals surface area (Å²) in [6.45, 7) is 3.89. The zero-order chi connectivity index (χ0) is 9.61. The van der Waals surface area contributed by atoms with Crippen LogP contribution in [0.25, 0.3) is 0 Å². The molecule has 3 heteroatoms. The third kappa shape index (κ3) is 4.45. The fraction of sp³-hybridized carbons (Fsp3) is 0.556. The molecule has 0 fully saturated rings. The van der Waals surface area contributed by atoms with Crippen LogP contribution >= 0.6 is 11.8 Å². The maximum atomic E-state index is 9.58. The maximum absolute atomic E-state index is 9.58. The average molecular weight is 185 g/mol. The standard InChI is InChI=1S/C9H15NOS/c1-4-6-8(5-2)12-9(3,11)7-10/h1,6,11H,5,7,10H2,2-3H3/b8-6-. The predicted molar refractivity (Wildman–Crippen MR) is 54.5 cm³/mol. The lowest BCUT2D eigenvalue weighted by atomic mass is 10.4. The van der Waals surface area contributed by atoms with Crippen LogP contribution in [0.15, 0.2) is 11.0 Å². The molecule has 0 radical (unpaired) electrons. The van der Waals surface area contributed by atoms with E-state index in [-0.39, 0.29) is 6.54 Å². The first-order chi connectivity index (χ1) is 5.55. The second-order valence-corrected chi connectivity index (χ2v) is 4.22. The van der Waals surface area contributed by atoms with Crippen molar-refractivity contribution in [1.82, 2.24) is 0 Å². The Morgan fingerprint density at radius 3 is 2.75 bits per heavy atom. The van der Waals surface area contributed by atoms with Crippen molar-refractivity contribution in [2.75, 3.05) is 6.54 Å². The minimum absolute atomic E-state index is 0.222. The number of nitrogens with two attached hydrogens (primary N) is 1. The number of terminal acetylenes is 1. The van der Waals surface area contributed by atoms with Gasteiger partial charge in [0.15, 0.2) is 0 Å². The van der Waals surface area contributed by atoms with Crippen LogP contribution in [-0.4, -0.2) is 16.6 Å². The number of allylic oxidation sites excluding steroid dienone is 2. The molecular weight excluding hydrogens is 170 g/mol. The Balaban J connectivity index is 4.23. The largest absolute Gasteiger partial charge is 0.378 e. The molecule has 3 N–H and O–H groups in total. The molecule has 12 heavy (non-hydrogen) atoms. The summed E-state index contributed by atoms with van der Waals surface area (Å²) in [6, 6.07) is 0. The van der Waals surface area contributed by atoms with Crippen LogP contribution in [0.4, 0.5) is 0 Å². The molecule has 68 valence electrons. The average Bonchev–Trinajstić information content (AvgIpc) is 2.03. The van der Waals surface area contributed by atoms with Crippen LogP contribution in [0.2, 0.25) is 0 Å². The molecule has 0 bridgehead atoms. The van der Waals surface area contributed by atoms with Crippen molar-refractivity contribution in [1.29, 1.82) is 0 Å². The minimum atomic E-state index is -0.904. The molecule has 2 nitrogen and oxygen atoms in total. The number of aliphatic hydroxyl groups is 1. The monoisotopic (exact) mass is 185 g/mol. The molecule has 0 aliphatic carbocycles. The van der Waals surface area contributed by atoms with Crippen LogP contribution < -0.4 is 5.73 Å².